The molecule has 8 heteroatoms. The first kappa shape index (κ1) is 22.3. The summed E-state index contributed by atoms with van der Waals surface area (Å²) in [6.07, 6.45) is 1.90. The molecule has 0 bridgehead atoms. The number of nitrogens with zero attached hydrogens (tertiary/aromatic N) is 2. The zero-order valence-corrected chi connectivity index (χ0v) is 19.4. The molecule has 0 radical (unpaired) electrons. The standard InChI is InChI=1S/C26H29N3O5/c1-3-32-20-12-11-16(14-21(20)33-4-2)25-22-23(18-9-5-6-10-19(18)30)27-28-24(22)26(31)29(25)15-17-8-7-13-34-17/h5-6,9-12,14,17,25,30H,3-4,7-8,13,15H2,1-2H3,(H,27,28)/t17-,25-/m0/s1. The van der Waals surface area contributed by atoms with E-state index in [0.717, 1.165) is 24.0 Å². The van der Waals surface area contributed by atoms with E-state index in [1.54, 1.807) is 18.2 Å². The van der Waals surface area contributed by atoms with Crippen LogP contribution in [0.2, 0.25) is 0 Å². The van der Waals surface area contributed by atoms with Crippen molar-refractivity contribution in [1.29, 1.82) is 0 Å². The normalized spacial score (nSPS) is 19.5. The third-order valence-corrected chi connectivity index (χ3v) is 6.33. The van der Waals surface area contributed by atoms with E-state index in [0.29, 0.717) is 54.8 Å². The van der Waals surface area contributed by atoms with Crippen molar-refractivity contribution >= 4 is 5.91 Å². The van der Waals surface area contributed by atoms with Crippen LogP contribution in [-0.2, 0) is 4.74 Å². The van der Waals surface area contributed by atoms with E-state index in [1.165, 1.54) is 0 Å². The van der Waals surface area contributed by atoms with Gasteiger partial charge in [0.15, 0.2) is 11.5 Å². The van der Waals surface area contributed by atoms with E-state index in [9.17, 15) is 9.90 Å². The molecule has 1 amide bonds. The lowest BCUT2D eigenvalue weighted by molar-refractivity contribution is 0.0495. The fourth-order valence-electron chi connectivity index (χ4n) is 4.86. The number of carbonyl (C=O) groups excluding carboxylic acids is 1. The number of aromatic amines is 1. The molecule has 5 rings (SSSR count). The lowest BCUT2D eigenvalue weighted by Crippen LogP contribution is -2.36. The molecule has 34 heavy (non-hydrogen) atoms. The van der Waals surface area contributed by atoms with Gasteiger partial charge >= 0.3 is 0 Å². The van der Waals surface area contributed by atoms with Gasteiger partial charge in [-0.2, -0.15) is 5.10 Å². The Hall–Kier alpha value is -3.52. The average molecular weight is 464 g/mol. The fraction of sp³-hybridized carbons (Fsp3) is 0.385. The smallest absolute Gasteiger partial charge is 0.273 e. The number of phenolic OH excluding ortho intramolecular Hbond substituents is 1. The topological polar surface area (TPSA) is 96.9 Å². The zero-order chi connectivity index (χ0) is 23.7. The van der Waals surface area contributed by atoms with Gasteiger partial charge in [-0.25, -0.2) is 0 Å². The Morgan fingerprint density at radius 2 is 1.94 bits per heavy atom. The van der Waals surface area contributed by atoms with Gasteiger partial charge in [-0.05, 0) is 56.5 Å². The molecule has 8 nitrogen and oxygen atoms in total. The second kappa shape index (κ2) is 9.38. The Bertz CT molecular complexity index is 1180. The summed E-state index contributed by atoms with van der Waals surface area (Å²) >= 11 is 0. The summed E-state index contributed by atoms with van der Waals surface area (Å²) in [5, 5.41) is 17.9. The third kappa shape index (κ3) is 3.88. The highest BCUT2D eigenvalue weighted by Gasteiger charge is 2.44. The molecule has 2 aliphatic rings. The summed E-state index contributed by atoms with van der Waals surface area (Å²) in [6.45, 7) is 6.06. The molecule has 2 aromatic carbocycles. The summed E-state index contributed by atoms with van der Waals surface area (Å²) in [7, 11) is 0. The number of rotatable bonds is 8. The summed E-state index contributed by atoms with van der Waals surface area (Å²) < 4.78 is 17.5. The average Bonchev–Trinajstić information content (AvgIpc) is 3.56. The van der Waals surface area contributed by atoms with Crippen LogP contribution in [-0.4, -0.2) is 58.6 Å². The molecule has 2 aliphatic heterocycles. The molecule has 0 spiro atoms. The quantitative estimate of drug-likeness (QED) is 0.517. The van der Waals surface area contributed by atoms with Gasteiger partial charge in [-0.1, -0.05) is 18.2 Å². The van der Waals surface area contributed by atoms with Crippen LogP contribution in [0.25, 0.3) is 11.3 Å². The van der Waals surface area contributed by atoms with E-state index < -0.39 is 6.04 Å². The molecule has 3 heterocycles. The second-order valence-corrected chi connectivity index (χ2v) is 8.45. The number of ether oxygens (including phenoxy) is 3. The Labute approximate surface area is 198 Å². The van der Waals surface area contributed by atoms with Gasteiger partial charge in [-0.15, -0.1) is 0 Å². The van der Waals surface area contributed by atoms with Crippen LogP contribution in [0, 0.1) is 0 Å². The zero-order valence-electron chi connectivity index (χ0n) is 19.4. The molecule has 2 atom stereocenters. The maximum atomic E-state index is 13.6. The van der Waals surface area contributed by atoms with E-state index in [1.807, 2.05) is 43.0 Å². The first-order chi connectivity index (χ1) is 16.6. The fourth-order valence-corrected chi connectivity index (χ4v) is 4.86. The predicted octanol–water partition coefficient (Wildman–Crippen LogP) is 4.30. The maximum Gasteiger partial charge on any atom is 0.273 e. The SMILES string of the molecule is CCOc1ccc([C@H]2c3c(-c4ccccc4O)n[nH]c3C(=O)N2C[C@@H]2CCCO2)cc1OCC. The molecule has 0 aliphatic carbocycles. The van der Waals surface area contributed by atoms with Crippen LogP contribution in [0.15, 0.2) is 42.5 Å². The number of H-pyrrole nitrogens is 1. The molecular weight excluding hydrogens is 434 g/mol. The van der Waals surface area contributed by atoms with Gasteiger partial charge in [0.2, 0.25) is 0 Å². The van der Waals surface area contributed by atoms with Crippen LogP contribution >= 0.6 is 0 Å². The number of aromatic nitrogens is 2. The number of hydrogen-bond donors (Lipinski definition) is 2. The van der Waals surface area contributed by atoms with Crippen molar-refractivity contribution in [3.8, 4) is 28.5 Å². The first-order valence-corrected chi connectivity index (χ1v) is 11.8. The molecule has 2 N–H and O–H groups in total. The Morgan fingerprint density at radius 1 is 1.15 bits per heavy atom. The van der Waals surface area contributed by atoms with Crippen LogP contribution in [0.1, 0.15) is 54.3 Å². The minimum absolute atomic E-state index is 0.00828. The molecule has 1 saturated heterocycles. The van der Waals surface area contributed by atoms with E-state index in [2.05, 4.69) is 10.2 Å². The van der Waals surface area contributed by atoms with E-state index >= 15 is 0 Å². The highest BCUT2D eigenvalue weighted by Crippen LogP contribution is 2.46. The van der Waals surface area contributed by atoms with Crippen LogP contribution in [0.5, 0.6) is 17.2 Å². The Balaban J connectivity index is 1.64. The van der Waals surface area contributed by atoms with Gasteiger partial charge in [-0.3, -0.25) is 9.89 Å². The van der Waals surface area contributed by atoms with Crippen molar-refractivity contribution < 1.29 is 24.1 Å². The van der Waals surface area contributed by atoms with E-state index in [4.69, 9.17) is 14.2 Å². The van der Waals surface area contributed by atoms with Gasteiger partial charge in [0, 0.05) is 24.3 Å². The minimum atomic E-state index is -0.407. The first-order valence-electron chi connectivity index (χ1n) is 11.8. The number of carbonyl (C=O) groups is 1. The van der Waals surface area contributed by atoms with Crippen LogP contribution < -0.4 is 9.47 Å². The second-order valence-electron chi connectivity index (χ2n) is 8.45. The van der Waals surface area contributed by atoms with Crippen molar-refractivity contribution in [2.75, 3.05) is 26.4 Å². The number of phenols is 1. The van der Waals surface area contributed by atoms with Gasteiger partial charge in [0.1, 0.15) is 17.1 Å². The molecule has 1 aromatic heterocycles. The van der Waals surface area contributed by atoms with Gasteiger partial charge in [0.25, 0.3) is 5.91 Å². The van der Waals surface area contributed by atoms with Crippen molar-refractivity contribution in [2.45, 2.75) is 38.8 Å². The van der Waals surface area contributed by atoms with Crippen LogP contribution in [0.3, 0.4) is 0 Å². The lowest BCUT2D eigenvalue weighted by atomic mass is 9.95. The van der Waals surface area contributed by atoms with Crippen molar-refractivity contribution in [1.82, 2.24) is 15.1 Å². The highest BCUT2D eigenvalue weighted by atomic mass is 16.5. The summed E-state index contributed by atoms with van der Waals surface area (Å²) in [5.74, 6) is 1.28. The predicted molar refractivity (Wildman–Crippen MR) is 126 cm³/mol. The molecular formula is C26H29N3O5. The Morgan fingerprint density at radius 3 is 2.68 bits per heavy atom. The number of nitrogens with one attached hydrogen (secondary N) is 1. The molecule has 1 fully saturated rings. The number of amides is 1. The lowest BCUT2D eigenvalue weighted by Gasteiger charge is -2.29. The monoisotopic (exact) mass is 463 g/mol. The summed E-state index contributed by atoms with van der Waals surface area (Å²) in [6, 6.07) is 12.4. The van der Waals surface area contributed by atoms with Crippen molar-refractivity contribution in [3.63, 3.8) is 0 Å². The largest absolute Gasteiger partial charge is 0.507 e. The molecule has 178 valence electrons. The highest BCUT2D eigenvalue weighted by molar-refractivity contribution is 6.00. The number of para-hydroxylation sites is 1. The summed E-state index contributed by atoms with van der Waals surface area (Å²) in [4.78, 5) is 15.4. The summed E-state index contributed by atoms with van der Waals surface area (Å²) in [5.41, 5.74) is 3.21. The molecule has 0 saturated carbocycles. The van der Waals surface area contributed by atoms with Crippen molar-refractivity contribution in [3.05, 3.63) is 59.3 Å². The molecule has 0 unspecified atom stereocenters. The number of aromatic hydroxyl groups is 1. The van der Waals surface area contributed by atoms with Crippen molar-refractivity contribution in [2.24, 2.45) is 0 Å². The molecule has 3 aromatic rings. The Kier molecular flexibility index (Phi) is 6.15. The van der Waals surface area contributed by atoms with Gasteiger partial charge < -0.3 is 24.2 Å². The third-order valence-electron chi connectivity index (χ3n) is 6.33. The number of benzene rings is 2. The van der Waals surface area contributed by atoms with Gasteiger partial charge in [0.05, 0.1) is 25.4 Å². The maximum absolute atomic E-state index is 13.6. The minimum Gasteiger partial charge on any atom is -0.507 e. The van der Waals surface area contributed by atoms with Crippen LogP contribution in [0.4, 0.5) is 0 Å². The number of fused-ring (bicyclic) bond motifs is 1. The number of hydrogen-bond acceptors (Lipinski definition) is 6. The van der Waals surface area contributed by atoms with E-state index in [-0.39, 0.29) is 17.8 Å².